The summed E-state index contributed by atoms with van der Waals surface area (Å²) >= 11 is 0. The fourth-order valence-corrected chi connectivity index (χ4v) is 2.36. The van der Waals surface area contributed by atoms with Crippen molar-refractivity contribution in [2.75, 3.05) is 6.61 Å². The van der Waals surface area contributed by atoms with E-state index < -0.39 is 0 Å². The summed E-state index contributed by atoms with van der Waals surface area (Å²) < 4.78 is 1.73. The average Bonchev–Trinajstić information content (AvgIpc) is 2.99. The quantitative estimate of drug-likeness (QED) is 0.891. The molecule has 2 N–H and O–H groups in total. The first-order valence-corrected chi connectivity index (χ1v) is 7.41. The molecule has 0 spiro atoms. The van der Waals surface area contributed by atoms with Crippen LogP contribution < -0.4 is 5.32 Å². The monoisotopic (exact) mass is 301 g/mol. The lowest BCUT2D eigenvalue weighted by Crippen LogP contribution is -2.40. The van der Waals surface area contributed by atoms with E-state index in [1.54, 1.807) is 23.0 Å². The second-order valence-electron chi connectivity index (χ2n) is 6.62. The number of nitrogens with zero attached hydrogens (tertiary/aromatic N) is 2. The Labute approximate surface area is 131 Å². The highest BCUT2D eigenvalue weighted by Crippen LogP contribution is 2.20. The fraction of sp³-hybridized carbons (Fsp3) is 0.412. The zero-order valence-corrected chi connectivity index (χ0v) is 13.3. The normalized spacial score (nSPS) is 12.9. The Morgan fingerprint density at radius 2 is 2.00 bits per heavy atom. The number of amides is 1. The van der Waals surface area contributed by atoms with E-state index in [-0.39, 0.29) is 24.0 Å². The number of hydrogen-bond donors (Lipinski definition) is 2. The molecule has 0 aliphatic rings. The third kappa shape index (κ3) is 4.43. The molecular formula is C17H23N3O2. The fourth-order valence-electron chi connectivity index (χ4n) is 2.36. The third-order valence-corrected chi connectivity index (χ3v) is 3.31. The molecule has 1 heterocycles. The number of aliphatic hydroxyl groups is 1. The van der Waals surface area contributed by atoms with Crippen LogP contribution in [0.3, 0.4) is 0 Å². The topological polar surface area (TPSA) is 67.2 Å². The smallest absolute Gasteiger partial charge is 0.251 e. The van der Waals surface area contributed by atoms with Crippen molar-refractivity contribution in [3.63, 3.8) is 0 Å². The number of aromatic nitrogens is 2. The summed E-state index contributed by atoms with van der Waals surface area (Å²) in [6.07, 6.45) is 4.28. The average molecular weight is 301 g/mol. The van der Waals surface area contributed by atoms with Crippen LogP contribution in [0.25, 0.3) is 5.69 Å². The Kier molecular flexibility index (Phi) is 4.98. The van der Waals surface area contributed by atoms with Gasteiger partial charge in [0.1, 0.15) is 0 Å². The number of hydrogen-bond acceptors (Lipinski definition) is 3. The van der Waals surface area contributed by atoms with Crippen molar-refractivity contribution >= 4 is 5.91 Å². The first kappa shape index (κ1) is 16.2. The predicted octanol–water partition coefficient (Wildman–Crippen LogP) is 2.40. The van der Waals surface area contributed by atoms with Crippen LogP contribution in [-0.4, -0.2) is 33.4 Å². The molecule has 2 rings (SSSR count). The Morgan fingerprint density at radius 3 is 2.50 bits per heavy atom. The zero-order chi connectivity index (χ0) is 16.2. The molecule has 1 aromatic heterocycles. The lowest BCUT2D eigenvalue weighted by molar-refractivity contribution is 0.0897. The van der Waals surface area contributed by atoms with Crippen LogP contribution in [0.5, 0.6) is 0 Å². The highest BCUT2D eigenvalue weighted by molar-refractivity contribution is 5.94. The van der Waals surface area contributed by atoms with Crippen molar-refractivity contribution in [1.29, 1.82) is 0 Å². The number of nitrogens with one attached hydrogen (secondary N) is 1. The van der Waals surface area contributed by atoms with Gasteiger partial charge in [-0.25, -0.2) is 4.68 Å². The van der Waals surface area contributed by atoms with E-state index in [2.05, 4.69) is 31.2 Å². The second kappa shape index (κ2) is 6.75. The molecule has 0 bridgehead atoms. The summed E-state index contributed by atoms with van der Waals surface area (Å²) in [5.74, 6) is -0.171. The molecule has 1 atom stereocenters. The maximum absolute atomic E-state index is 12.3. The minimum atomic E-state index is -0.238. The number of benzene rings is 1. The standard InChI is InChI=1S/C17H23N3O2/c1-17(2,3)11-14(12-21)19-16(22)13-5-7-15(8-6-13)20-10-4-9-18-20/h4-10,14,21H,11-12H2,1-3H3,(H,19,22). The maximum Gasteiger partial charge on any atom is 0.251 e. The summed E-state index contributed by atoms with van der Waals surface area (Å²) in [6, 6.07) is 8.83. The molecule has 5 heteroatoms. The number of carbonyl (C=O) groups is 1. The van der Waals surface area contributed by atoms with Gasteiger partial charge in [0.15, 0.2) is 0 Å². The van der Waals surface area contributed by atoms with Crippen molar-refractivity contribution in [1.82, 2.24) is 15.1 Å². The van der Waals surface area contributed by atoms with Crippen molar-refractivity contribution in [3.05, 3.63) is 48.3 Å². The van der Waals surface area contributed by atoms with Gasteiger partial charge < -0.3 is 10.4 Å². The Balaban J connectivity index is 2.03. The largest absolute Gasteiger partial charge is 0.394 e. The van der Waals surface area contributed by atoms with Crippen LogP contribution in [0.1, 0.15) is 37.6 Å². The van der Waals surface area contributed by atoms with Gasteiger partial charge in [-0.2, -0.15) is 5.10 Å². The lowest BCUT2D eigenvalue weighted by atomic mass is 9.88. The van der Waals surface area contributed by atoms with E-state index in [1.165, 1.54) is 0 Å². The molecule has 1 unspecified atom stereocenters. The Bertz CT molecular complexity index is 598. The van der Waals surface area contributed by atoms with Gasteiger partial charge >= 0.3 is 0 Å². The first-order chi connectivity index (χ1) is 10.4. The number of rotatable bonds is 5. The molecule has 0 aliphatic carbocycles. The van der Waals surface area contributed by atoms with Crippen molar-refractivity contribution in [3.8, 4) is 5.69 Å². The minimum absolute atomic E-state index is 0.0463. The van der Waals surface area contributed by atoms with Gasteiger partial charge in [0.2, 0.25) is 0 Å². The van der Waals surface area contributed by atoms with Crippen LogP contribution >= 0.6 is 0 Å². The van der Waals surface area contributed by atoms with Crippen LogP contribution in [0.4, 0.5) is 0 Å². The predicted molar refractivity (Wildman–Crippen MR) is 86.0 cm³/mol. The van der Waals surface area contributed by atoms with E-state index in [0.717, 1.165) is 12.1 Å². The molecule has 5 nitrogen and oxygen atoms in total. The molecule has 2 aromatic rings. The SMILES string of the molecule is CC(C)(C)CC(CO)NC(=O)c1ccc(-n2cccn2)cc1. The molecule has 118 valence electrons. The highest BCUT2D eigenvalue weighted by atomic mass is 16.3. The first-order valence-electron chi connectivity index (χ1n) is 7.41. The lowest BCUT2D eigenvalue weighted by Gasteiger charge is -2.25. The molecule has 0 saturated heterocycles. The summed E-state index contributed by atoms with van der Waals surface area (Å²) in [4.78, 5) is 12.3. The van der Waals surface area contributed by atoms with Gasteiger partial charge in [-0.3, -0.25) is 4.79 Å². The Hall–Kier alpha value is -2.14. The van der Waals surface area contributed by atoms with Gasteiger partial charge in [0.05, 0.1) is 18.3 Å². The maximum atomic E-state index is 12.3. The number of carbonyl (C=O) groups excluding carboxylic acids is 1. The van der Waals surface area contributed by atoms with E-state index in [1.807, 2.05) is 24.4 Å². The van der Waals surface area contributed by atoms with E-state index >= 15 is 0 Å². The summed E-state index contributed by atoms with van der Waals surface area (Å²) in [5.41, 5.74) is 1.52. The van der Waals surface area contributed by atoms with Crippen LogP contribution in [0.2, 0.25) is 0 Å². The van der Waals surface area contributed by atoms with Gasteiger partial charge in [-0.1, -0.05) is 20.8 Å². The van der Waals surface area contributed by atoms with Gasteiger partial charge in [-0.15, -0.1) is 0 Å². The minimum Gasteiger partial charge on any atom is -0.394 e. The number of aliphatic hydroxyl groups excluding tert-OH is 1. The molecule has 0 saturated carbocycles. The molecule has 1 aromatic carbocycles. The second-order valence-corrected chi connectivity index (χ2v) is 6.62. The molecule has 0 aliphatic heterocycles. The zero-order valence-electron chi connectivity index (χ0n) is 13.3. The molecule has 0 fully saturated rings. The summed E-state index contributed by atoms with van der Waals surface area (Å²) in [7, 11) is 0. The van der Waals surface area contributed by atoms with Crippen molar-refractivity contribution in [2.24, 2.45) is 5.41 Å². The van der Waals surface area contributed by atoms with Gasteiger partial charge in [0, 0.05) is 18.0 Å². The van der Waals surface area contributed by atoms with Crippen LogP contribution in [0.15, 0.2) is 42.7 Å². The van der Waals surface area contributed by atoms with E-state index in [9.17, 15) is 9.90 Å². The van der Waals surface area contributed by atoms with Crippen LogP contribution in [-0.2, 0) is 0 Å². The molecule has 0 radical (unpaired) electrons. The van der Waals surface area contributed by atoms with Crippen molar-refractivity contribution in [2.45, 2.75) is 33.2 Å². The summed E-state index contributed by atoms with van der Waals surface area (Å²) in [5, 5.41) is 16.5. The molecular weight excluding hydrogens is 278 g/mol. The molecule has 1 amide bonds. The van der Waals surface area contributed by atoms with E-state index in [0.29, 0.717) is 5.56 Å². The van der Waals surface area contributed by atoms with Gasteiger partial charge in [0.25, 0.3) is 5.91 Å². The Morgan fingerprint density at radius 1 is 1.32 bits per heavy atom. The summed E-state index contributed by atoms with van der Waals surface area (Å²) in [6.45, 7) is 6.19. The van der Waals surface area contributed by atoms with Crippen LogP contribution in [0, 0.1) is 5.41 Å². The van der Waals surface area contributed by atoms with Gasteiger partial charge in [-0.05, 0) is 42.2 Å². The van der Waals surface area contributed by atoms with Crippen molar-refractivity contribution < 1.29 is 9.90 Å². The third-order valence-electron chi connectivity index (χ3n) is 3.31. The van der Waals surface area contributed by atoms with E-state index in [4.69, 9.17) is 0 Å². The highest BCUT2D eigenvalue weighted by Gasteiger charge is 2.20. The molecule has 22 heavy (non-hydrogen) atoms.